The van der Waals surface area contributed by atoms with Crippen molar-refractivity contribution in [3.8, 4) is 11.3 Å². The summed E-state index contributed by atoms with van der Waals surface area (Å²) in [4.78, 5) is 23.7. The molecule has 25 heavy (non-hydrogen) atoms. The number of nitrogens with one attached hydrogen (secondary N) is 1. The number of hydrogen-bond acceptors (Lipinski definition) is 3. The van der Waals surface area contributed by atoms with Crippen molar-refractivity contribution in [2.24, 2.45) is 5.18 Å². The van der Waals surface area contributed by atoms with Gasteiger partial charge in [-0.25, -0.2) is 4.39 Å². The molecule has 1 aliphatic heterocycles. The molecule has 4 rings (SSSR count). The van der Waals surface area contributed by atoms with Crippen LogP contribution in [-0.4, -0.2) is 17.0 Å². The van der Waals surface area contributed by atoms with Gasteiger partial charge in [0.1, 0.15) is 11.9 Å². The molecule has 5 nitrogen and oxygen atoms in total. The molecular weight excluding hydrogens is 321 g/mol. The first-order valence-electron chi connectivity index (χ1n) is 8.13. The molecule has 1 aromatic heterocycles. The van der Waals surface area contributed by atoms with Gasteiger partial charge in [0.15, 0.2) is 0 Å². The highest BCUT2D eigenvalue weighted by atomic mass is 19.1. The minimum Gasteiger partial charge on any atom is -0.350 e. The summed E-state index contributed by atoms with van der Waals surface area (Å²) in [6, 6.07) is 11.1. The molecule has 1 amide bonds. The third-order valence-electron chi connectivity index (χ3n) is 4.68. The standard InChI is InChI=1S/C19H16FN3O2/c1-11(22-25)16-14-3-2-4-15-18(14)23(10-9-21-19(15)24)17(16)12-5-7-13(20)8-6-12/h2-8,11H,9-10H2,1H3,(H,21,24). The molecule has 0 radical (unpaired) electrons. The molecule has 2 aromatic carbocycles. The van der Waals surface area contributed by atoms with Crippen LogP contribution < -0.4 is 5.32 Å². The number of para-hydroxylation sites is 1. The molecule has 1 aliphatic rings. The van der Waals surface area contributed by atoms with Crippen LogP contribution in [0, 0.1) is 10.7 Å². The van der Waals surface area contributed by atoms with Crippen LogP contribution in [0.3, 0.4) is 0 Å². The van der Waals surface area contributed by atoms with Crippen molar-refractivity contribution in [3.63, 3.8) is 0 Å². The van der Waals surface area contributed by atoms with Gasteiger partial charge in [-0.15, -0.1) is 0 Å². The maximum atomic E-state index is 13.4. The van der Waals surface area contributed by atoms with Crippen molar-refractivity contribution in [3.05, 3.63) is 64.3 Å². The Bertz CT molecular complexity index is 992. The van der Waals surface area contributed by atoms with E-state index < -0.39 is 6.04 Å². The Labute approximate surface area is 143 Å². The maximum Gasteiger partial charge on any atom is 0.253 e. The molecule has 2 heterocycles. The summed E-state index contributed by atoms with van der Waals surface area (Å²) >= 11 is 0. The fraction of sp³-hybridized carbons (Fsp3) is 0.211. The van der Waals surface area contributed by atoms with E-state index in [0.717, 1.165) is 27.7 Å². The highest BCUT2D eigenvalue weighted by Crippen LogP contribution is 2.40. The van der Waals surface area contributed by atoms with Crippen molar-refractivity contribution in [2.75, 3.05) is 6.54 Å². The highest BCUT2D eigenvalue weighted by molar-refractivity contribution is 6.09. The van der Waals surface area contributed by atoms with Gasteiger partial charge in [-0.2, -0.15) is 4.91 Å². The van der Waals surface area contributed by atoms with Crippen LogP contribution >= 0.6 is 0 Å². The van der Waals surface area contributed by atoms with E-state index in [1.54, 1.807) is 25.1 Å². The number of amides is 1. The first kappa shape index (κ1) is 15.5. The van der Waals surface area contributed by atoms with Gasteiger partial charge in [-0.1, -0.05) is 17.3 Å². The molecule has 0 aliphatic carbocycles. The minimum absolute atomic E-state index is 0.134. The van der Waals surface area contributed by atoms with E-state index in [0.29, 0.717) is 18.7 Å². The van der Waals surface area contributed by atoms with E-state index in [-0.39, 0.29) is 11.7 Å². The lowest BCUT2D eigenvalue weighted by Gasteiger charge is -2.12. The molecule has 126 valence electrons. The average molecular weight is 337 g/mol. The molecule has 0 spiro atoms. The van der Waals surface area contributed by atoms with E-state index >= 15 is 0 Å². The third-order valence-corrected chi connectivity index (χ3v) is 4.68. The zero-order valence-electron chi connectivity index (χ0n) is 13.6. The van der Waals surface area contributed by atoms with Gasteiger partial charge in [0, 0.05) is 24.0 Å². The Morgan fingerprint density at radius 1 is 1.20 bits per heavy atom. The first-order valence-corrected chi connectivity index (χ1v) is 8.13. The Morgan fingerprint density at radius 3 is 2.68 bits per heavy atom. The number of halogens is 1. The molecule has 0 saturated heterocycles. The average Bonchev–Trinajstić information content (AvgIpc) is 2.86. The van der Waals surface area contributed by atoms with Gasteiger partial charge < -0.3 is 9.88 Å². The fourth-order valence-electron chi connectivity index (χ4n) is 3.61. The van der Waals surface area contributed by atoms with Gasteiger partial charge in [0.25, 0.3) is 5.91 Å². The predicted octanol–water partition coefficient (Wildman–Crippen LogP) is 4.02. The van der Waals surface area contributed by atoms with Crippen molar-refractivity contribution in [1.29, 1.82) is 0 Å². The minimum atomic E-state index is -0.582. The summed E-state index contributed by atoms with van der Waals surface area (Å²) < 4.78 is 15.4. The summed E-state index contributed by atoms with van der Waals surface area (Å²) in [5, 5.41) is 6.93. The van der Waals surface area contributed by atoms with Crippen molar-refractivity contribution >= 4 is 16.8 Å². The number of hydrogen-bond donors (Lipinski definition) is 1. The van der Waals surface area contributed by atoms with Crippen LogP contribution in [0.25, 0.3) is 22.2 Å². The number of aromatic nitrogens is 1. The number of nitrogens with zero attached hydrogens (tertiary/aromatic N) is 2. The smallest absolute Gasteiger partial charge is 0.253 e. The zero-order valence-corrected chi connectivity index (χ0v) is 13.6. The summed E-state index contributed by atoms with van der Waals surface area (Å²) in [7, 11) is 0. The first-order chi connectivity index (χ1) is 12.1. The van der Waals surface area contributed by atoms with E-state index in [1.165, 1.54) is 12.1 Å². The van der Waals surface area contributed by atoms with Crippen LogP contribution in [-0.2, 0) is 6.54 Å². The molecular formula is C19H16FN3O2. The molecule has 1 unspecified atom stereocenters. The molecule has 1 atom stereocenters. The van der Waals surface area contributed by atoms with Crippen molar-refractivity contribution in [1.82, 2.24) is 9.88 Å². The largest absolute Gasteiger partial charge is 0.350 e. The quantitative estimate of drug-likeness (QED) is 0.734. The lowest BCUT2D eigenvalue weighted by Crippen LogP contribution is -2.24. The number of rotatable bonds is 3. The third kappa shape index (κ3) is 2.33. The van der Waals surface area contributed by atoms with Crippen LogP contribution in [0.5, 0.6) is 0 Å². The number of carbonyl (C=O) groups is 1. The van der Waals surface area contributed by atoms with Gasteiger partial charge in [-0.05, 0) is 42.8 Å². The van der Waals surface area contributed by atoms with E-state index in [9.17, 15) is 14.1 Å². The Morgan fingerprint density at radius 2 is 1.96 bits per heavy atom. The zero-order chi connectivity index (χ0) is 17.6. The Kier molecular flexibility index (Phi) is 3.60. The lowest BCUT2D eigenvalue weighted by molar-refractivity contribution is 0.0956. The second-order valence-electron chi connectivity index (χ2n) is 6.16. The fourth-order valence-corrected chi connectivity index (χ4v) is 3.61. The molecule has 3 aromatic rings. The van der Waals surface area contributed by atoms with Crippen molar-refractivity contribution in [2.45, 2.75) is 19.5 Å². The second-order valence-corrected chi connectivity index (χ2v) is 6.16. The molecule has 0 bridgehead atoms. The maximum absolute atomic E-state index is 13.4. The summed E-state index contributed by atoms with van der Waals surface area (Å²) in [6.07, 6.45) is 0. The van der Waals surface area contributed by atoms with E-state index in [4.69, 9.17) is 0 Å². The number of nitroso groups, excluding NO2 is 1. The normalized spacial score (nSPS) is 14.9. The van der Waals surface area contributed by atoms with Crippen LogP contribution in [0.15, 0.2) is 47.6 Å². The SMILES string of the molecule is CC(N=O)c1c(-c2ccc(F)cc2)n2c3c(cccc13)C(=O)NCC2. The van der Waals surface area contributed by atoms with Gasteiger partial charge in [-0.3, -0.25) is 4.79 Å². The second kappa shape index (κ2) is 5.81. The number of benzene rings is 2. The van der Waals surface area contributed by atoms with Gasteiger partial charge in [0.2, 0.25) is 0 Å². The summed E-state index contributed by atoms with van der Waals surface area (Å²) in [5.74, 6) is -0.456. The molecule has 6 heteroatoms. The van der Waals surface area contributed by atoms with Crippen LogP contribution in [0.2, 0.25) is 0 Å². The Hall–Kier alpha value is -3.02. The Balaban J connectivity index is 2.14. The number of carbonyl (C=O) groups excluding carboxylic acids is 1. The van der Waals surface area contributed by atoms with Crippen LogP contribution in [0.4, 0.5) is 4.39 Å². The molecule has 0 fully saturated rings. The van der Waals surface area contributed by atoms with Gasteiger partial charge >= 0.3 is 0 Å². The molecule has 0 saturated carbocycles. The van der Waals surface area contributed by atoms with E-state index in [1.807, 2.05) is 16.7 Å². The summed E-state index contributed by atoms with van der Waals surface area (Å²) in [5.41, 5.74) is 3.74. The topological polar surface area (TPSA) is 63.5 Å². The monoisotopic (exact) mass is 337 g/mol. The van der Waals surface area contributed by atoms with Crippen molar-refractivity contribution < 1.29 is 9.18 Å². The predicted molar refractivity (Wildman–Crippen MR) is 93.9 cm³/mol. The highest BCUT2D eigenvalue weighted by Gasteiger charge is 2.27. The van der Waals surface area contributed by atoms with E-state index in [2.05, 4.69) is 10.5 Å². The lowest BCUT2D eigenvalue weighted by atomic mass is 9.99. The molecule has 1 N–H and O–H groups in total. The van der Waals surface area contributed by atoms with Crippen LogP contribution in [0.1, 0.15) is 28.9 Å². The van der Waals surface area contributed by atoms with Gasteiger partial charge in [0.05, 0.1) is 16.8 Å². The summed E-state index contributed by atoms with van der Waals surface area (Å²) in [6.45, 7) is 2.78.